The number of hydrogen-bond donors (Lipinski definition) is 1. The summed E-state index contributed by atoms with van der Waals surface area (Å²) in [4.78, 5) is 44.6. The first-order valence-corrected chi connectivity index (χ1v) is 12.9. The Kier molecular flexibility index (Phi) is 6.70. The van der Waals surface area contributed by atoms with Crippen molar-refractivity contribution in [3.63, 3.8) is 0 Å². The summed E-state index contributed by atoms with van der Waals surface area (Å²) in [5.74, 6) is -2.81. The number of carbonyl (C=O) groups is 3. The average Bonchev–Trinajstić information content (AvgIpc) is 3.10. The highest BCUT2D eigenvalue weighted by molar-refractivity contribution is 6.34. The molecule has 2 amide bonds. The normalized spacial score (nSPS) is 33.2. The number of benzene rings is 1. The lowest BCUT2D eigenvalue weighted by atomic mass is 9.75. The summed E-state index contributed by atoms with van der Waals surface area (Å²) in [6.45, 7) is 2.63. The van der Waals surface area contributed by atoms with Gasteiger partial charge in [0, 0.05) is 19.7 Å². The van der Waals surface area contributed by atoms with Gasteiger partial charge in [-0.25, -0.2) is 0 Å². The minimum Gasteiger partial charge on any atom is -0.461 e. The number of esters is 1. The van der Waals surface area contributed by atoms with Gasteiger partial charge in [-0.15, -0.1) is 0 Å². The van der Waals surface area contributed by atoms with E-state index in [0.717, 1.165) is 12.8 Å². The third kappa shape index (κ3) is 3.86. The van der Waals surface area contributed by atoms with Crippen LogP contribution >= 0.6 is 11.6 Å². The van der Waals surface area contributed by atoms with Crippen LogP contribution in [0.1, 0.15) is 32.6 Å². The first-order chi connectivity index (χ1) is 17.3. The van der Waals surface area contributed by atoms with E-state index in [1.165, 1.54) is 0 Å². The molecule has 0 radical (unpaired) electrons. The lowest BCUT2D eigenvalue weighted by Gasteiger charge is -2.37. The van der Waals surface area contributed by atoms with Gasteiger partial charge in [0.1, 0.15) is 24.2 Å². The zero-order valence-electron chi connectivity index (χ0n) is 20.3. The van der Waals surface area contributed by atoms with Crippen molar-refractivity contribution in [2.75, 3.05) is 31.2 Å². The number of ether oxygens (including phenoxy) is 2. The van der Waals surface area contributed by atoms with Gasteiger partial charge in [-0.1, -0.05) is 54.8 Å². The van der Waals surface area contributed by atoms with E-state index in [2.05, 4.69) is 0 Å². The van der Waals surface area contributed by atoms with Gasteiger partial charge in [0.25, 0.3) is 5.91 Å². The Bertz CT molecular complexity index is 1120. The summed E-state index contributed by atoms with van der Waals surface area (Å²) in [5.41, 5.74) is -1.83. The molecule has 5 atom stereocenters. The molecule has 4 aliphatic heterocycles. The van der Waals surface area contributed by atoms with E-state index in [1.807, 2.05) is 18.2 Å². The van der Waals surface area contributed by atoms with Crippen molar-refractivity contribution < 1.29 is 29.0 Å². The Balaban J connectivity index is 1.57. The number of likely N-dealkylation sites (tertiary alicyclic amines) is 1. The van der Waals surface area contributed by atoms with Crippen LogP contribution in [0.5, 0.6) is 0 Å². The van der Waals surface area contributed by atoms with Crippen LogP contribution in [0, 0.1) is 11.8 Å². The Morgan fingerprint density at radius 3 is 2.58 bits per heavy atom. The summed E-state index contributed by atoms with van der Waals surface area (Å²) in [6.07, 6.45) is 10.1. The van der Waals surface area contributed by atoms with Crippen LogP contribution in [0.25, 0.3) is 0 Å². The van der Waals surface area contributed by atoms with Gasteiger partial charge in [0.2, 0.25) is 5.91 Å². The fourth-order valence-corrected chi connectivity index (χ4v) is 6.47. The number of rotatable bonds is 7. The van der Waals surface area contributed by atoms with Crippen molar-refractivity contribution in [3.8, 4) is 0 Å². The predicted octanol–water partition coefficient (Wildman–Crippen LogP) is 2.88. The lowest BCUT2D eigenvalue weighted by Crippen LogP contribution is -2.56. The van der Waals surface area contributed by atoms with Crippen LogP contribution < -0.4 is 4.90 Å². The highest BCUT2D eigenvalue weighted by Crippen LogP contribution is 2.57. The number of anilines is 1. The van der Waals surface area contributed by atoms with Crippen molar-refractivity contribution in [1.82, 2.24) is 4.90 Å². The zero-order chi connectivity index (χ0) is 25.5. The van der Waals surface area contributed by atoms with E-state index in [-0.39, 0.29) is 31.6 Å². The minimum atomic E-state index is -1.31. The number of nitrogens with zero attached hydrogens (tertiary/aromatic N) is 2. The maximum atomic E-state index is 14.3. The van der Waals surface area contributed by atoms with Crippen LogP contribution in [0.15, 0.2) is 48.6 Å². The van der Waals surface area contributed by atoms with Crippen molar-refractivity contribution >= 4 is 35.1 Å². The number of cyclic esters (lactones) is 1. The molecule has 1 N–H and O–H groups in total. The van der Waals surface area contributed by atoms with Gasteiger partial charge in [-0.05, 0) is 38.0 Å². The molecule has 1 unspecified atom stereocenters. The van der Waals surface area contributed by atoms with E-state index in [1.54, 1.807) is 47.1 Å². The Morgan fingerprint density at radius 1 is 1.03 bits per heavy atom. The molecule has 36 heavy (non-hydrogen) atoms. The van der Waals surface area contributed by atoms with E-state index >= 15 is 0 Å². The van der Waals surface area contributed by atoms with E-state index in [4.69, 9.17) is 26.2 Å². The van der Waals surface area contributed by atoms with Crippen molar-refractivity contribution in [1.29, 1.82) is 0 Å². The van der Waals surface area contributed by atoms with Crippen LogP contribution in [-0.2, 0) is 23.9 Å². The van der Waals surface area contributed by atoms with Gasteiger partial charge >= 0.3 is 5.97 Å². The molecule has 192 valence electrons. The largest absolute Gasteiger partial charge is 0.461 e. The number of para-hydroxylation sites is 1. The first-order valence-electron chi connectivity index (χ1n) is 12.5. The molecule has 4 aliphatic rings. The van der Waals surface area contributed by atoms with E-state index in [0.29, 0.717) is 30.1 Å². The second kappa shape index (κ2) is 9.65. The highest BCUT2D eigenvalue weighted by Gasteiger charge is 2.74. The average molecular weight is 515 g/mol. The number of aliphatic hydroxyl groups excluding tert-OH is 1. The SMILES string of the molecule is C[C@]12C=CCOC(=O)[C@H]1[C@H]1C(=O)N(CCCCCCO)C3C(=O)N(c4ccccc4Cl)CC=C[C@@]31O2. The van der Waals surface area contributed by atoms with Crippen molar-refractivity contribution in [3.05, 3.63) is 53.6 Å². The summed E-state index contributed by atoms with van der Waals surface area (Å²) < 4.78 is 12.1. The maximum absolute atomic E-state index is 14.3. The van der Waals surface area contributed by atoms with Crippen LogP contribution in [0.4, 0.5) is 5.69 Å². The third-order valence-corrected chi connectivity index (χ3v) is 8.08. The molecule has 0 aliphatic carbocycles. The molecule has 1 aromatic rings. The van der Waals surface area contributed by atoms with E-state index in [9.17, 15) is 14.4 Å². The molecule has 0 aromatic heterocycles. The van der Waals surface area contributed by atoms with Gasteiger partial charge in [0.15, 0.2) is 0 Å². The predicted molar refractivity (Wildman–Crippen MR) is 133 cm³/mol. The second-order valence-corrected chi connectivity index (χ2v) is 10.4. The molecule has 8 nitrogen and oxygen atoms in total. The number of amides is 2. The first kappa shape index (κ1) is 25.0. The van der Waals surface area contributed by atoms with Gasteiger partial charge < -0.3 is 24.4 Å². The summed E-state index contributed by atoms with van der Waals surface area (Å²) >= 11 is 6.46. The number of halogens is 1. The molecule has 5 rings (SSSR count). The zero-order valence-corrected chi connectivity index (χ0v) is 21.0. The Morgan fingerprint density at radius 2 is 1.81 bits per heavy atom. The van der Waals surface area contributed by atoms with Gasteiger partial charge in [-0.2, -0.15) is 0 Å². The topological polar surface area (TPSA) is 96.4 Å². The van der Waals surface area contributed by atoms with Crippen molar-refractivity contribution in [2.24, 2.45) is 11.8 Å². The summed E-state index contributed by atoms with van der Waals surface area (Å²) in [7, 11) is 0. The number of carbonyl (C=O) groups excluding carboxylic acids is 3. The quantitative estimate of drug-likeness (QED) is 0.341. The second-order valence-electron chi connectivity index (χ2n) is 10.0. The molecule has 4 heterocycles. The summed E-state index contributed by atoms with van der Waals surface area (Å²) in [6, 6.07) is 6.16. The van der Waals surface area contributed by atoms with E-state index < -0.39 is 35.0 Å². The molecular weight excluding hydrogens is 484 g/mol. The fourth-order valence-electron chi connectivity index (χ4n) is 6.23. The standard InChI is InChI=1S/C27H31ClN2O6/c1-26-12-9-17-35-25(34)21(26)20-23(32)30(14-6-2-3-7-16-31)22-24(33)29(15-8-13-27(20,22)36-26)19-11-5-4-10-18(19)28/h4-5,8-13,20-22,31H,2-3,6-7,14-17H2,1H3/t20-,21+,22?,26-,27-/m0/s1. The third-order valence-electron chi connectivity index (χ3n) is 7.76. The smallest absolute Gasteiger partial charge is 0.313 e. The summed E-state index contributed by atoms with van der Waals surface area (Å²) in [5, 5.41) is 9.52. The van der Waals surface area contributed by atoms with Gasteiger partial charge in [-0.3, -0.25) is 14.4 Å². The van der Waals surface area contributed by atoms with Crippen LogP contribution in [-0.4, -0.2) is 71.3 Å². The Labute approximate surface area is 215 Å². The molecule has 9 heteroatoms. The van der Waals surface area contributed by atoms with Crippen molar-refractivity contribution in [2.45, 2.75) is 49.9 Å². The van der Waals surface area contributed by atoms with Gasteiger partial charge in [0.05, 0.1) is 22.2 Å². The molecule has 1 aromatic carbocycles. The lowest BCUT2D eigenvalue weighted by molar-refractivity contribution is -0.156. The molecular formula is C27H31ClN2O6. The fraction of sp³-hybridized carbons (Fsp3) is 0.519. The number of fused-ring (bicyclic) bond motifs is 2. The molecule has 1 spiro atoms. The maximum Gasteiger partial charge on any atom is 0.313 e. The number of aliphatic hydroxyl groups is 1. The monoisotopic (exact) mass is 514 g/mol. The minimum absolute atomic E-state index is 0.120. The highest BCUT2D eigenvalue weighted by atomic mass is 35.5. The van der Waals surface area contributed by atoms with Crippen LogP contribution in [0.2, 0.25) is 5.02 Å². The van der Waals surface area contributed by atoms with Crippen LogP contribution in [0.3, 0.4) is 0 Å². The Hall–Kier alpha value is -2.68. The molecule has 2 saturated heterocycles. The number of unbranched alkanes of at least 4 members (excludes halogenated alkanes) is 3. The molecule has 2 fully saturated rings. The number of hydrogen-bond acceptors (Lipinski definition) is 6. The molecule has 0 bridgehead atoms. The molecule has 0 saturated carbocycles.